The Morgan fingerprint density at radius 1 is 1.32 bits per heavy atom. The third-order valence-corrected chi connectivity index (χ3v) is 5.65. The minimum Gasteiger partial charge on any atom is -0.309 e. The van der Waals surface area contributed by atoms with Crippen LogP contribution in [0.25, 0.3) is 0 Å². The summed E-state index contributed by atoms with van der Waals surface area (Å²) in [4.78, 5) is 2.59. The van der Waals surface area contributed by atoms with Crippen LogP contribution in [0.5, 0.6) is 0 Å². The molecule has 0 bridgehead atoms. The van der Waals surface area contributed by atoms with Gasteiger partial charge < -0.3 is 5.32 Å². The Morgan fingerprint density at radius 3 is 2.74 bits per heavy atom. The average Bonchev–Trinajstić information content (AvgIpc) is 2.82. The fraction of sp³-hybridized carbons (Fsp3) is 0.333. The molecule has 1 N–H and O–H groups in total. The lowest BCUT2D eigenvalue weighted by Gasteiger charge is -2.17. The molecule has 1 unspecified atom stereocenters. The van der Waals surface area contributed by atoms with Gasteiger partial charge in [0.25, 0.3) is 0 Å². The maximum atomic E-state index is 6.24. The molecule has 0 aliphatic rings. The molecule has 0 amide bonds. The molecule has 0 fully saturated rings. The molecule has 1 atom stereocenters. The van der Waals surface area contributed by atoms with Crippen LogP contribution in [0.15, 0.2) is 40.6 Å². The molecule has 2 aromatic rings. The molecular weight excluding hydrogens is 294 g/mol. The summed E-state index contributed by atoms with van der Waals surface area (Å²) in [5.74, 6) is 0.999. The lowest BCUT2D eigenvalue weighted by atomic mass is 10.2. The molecule has 0 aliphatic heterocycles. The van der Waals surface area contributed by atoms with Gasteiger partial charge in [-0.15, -0.1) is 23.1 Å². The smallest absolute Gasteiger partial charge is 0.0561 e. The fourth-order valence-corrected chi connectivity index (χ4v) is 4.39. The molecule has 102 valence electrons. The normalized spacial score (nSPS) is 12.6. The van der Waals surface area contributed by atoms with Gasteiger partial charge in [0.05, 0.1) is 11.1 Å². The van der Waals surface area contributed by atoms with Crippen molar-refractivity contribution in [3.8, 4) is 0 Å². The van der Waals surface area contributed by atoms with E-state index < -0.39 is 0 Å². The number of rotatable bonds is 6. The van der Waals surface area contributed by atoms with Gasteiger partial charge in [-0.25, -0.2) is 0 Å². The van der Waals surface area contributed by atoms with E-state index in [4.69, 9.17) is 11.6 Å². The van der Waals surface area contributed by atoms with Crippen molar-refractivity contribution < 1.29 is 0 Å². The van der Waals surface area contributed by atoms with Crippen molar-refractivity contribution in [2.75, 3.05) is 12.3 Å². The minimum atomic E-state index is 0.321. The number of benzene rings is 1. The second kappa shape index (κ2) is 7.34. The second-order valence-electron chi connectivity index (χ2n) is 4.32. The topological polar surface area (TPSA) is 12.0 Å². The van der Waals surface area contributed by atoms with E-state index in [1.54, 1.807) is 11.3 Å². The Hall–Kier alpha value is -0.480. The van der Waals surface area contributed by atoms with Gasteiger partial charge in [0, 0.05) is 15.5 Å². The van der Waals surface area contributed by atoms with E-state index in [0.717, 1.165) is 17.3 Å². The minimum absolute atomic E-state index is 0.321. The van der Waals surface area contributed by atoms with Crippen LogP contribution in [-0.2, 0) is 0 Å². The van der Waals surface area contributed by atoms with E-state index in [1.807, 2.05) is 17.8 Å². The van der Waals surface area contributed by atoms with Crippen LogP contribution in [0.3, 0.4) is 0 Å². The Balaban J connectivity index is 2.06. The van der Waals surface area contributed by atoms with Gasteiger partial charge in [-0.3, -0.25) is 0 Å². The van der Waals surface area contributed by atoms with E-state index >= 15 is 0 Å². The summed E-state index contributed by atoms with van der Waals surface area (Å²) in [6.07, 6.45) is 0. The predicted molar refractivity (Wildman–Crippen MR) is 87.6 cm³/mol. The van der Waals surface area contributed by atoms with Gasteiger partial charge in [0.1, 0.15) is 0 Å². The largest absolute Gasteiger partial charge is 0.309 e. The first-order valence-electron chi connectivity index (χ1n) is 6.37. The van der Waals surface area contributed by atoms with Crippen molar-refractivity contribution in [3.63, 3.8) is 0 Å². The van der Waals surface area contributed by atoms with Crippen molar-refractivity contribution in [2.45, 2.75) is 24.8 Å². The zero-order chi connectivity index (χ0) is 13.7. The first-order valence-corrected chi connectivity index (χ1v) is 8.61. The van der Waals surface area contributed by atoms with E-state index in [9.17, 15) is 0 Å². The first kappa shape index (κ1) is 14.9. The molecule has 1 aromatic carbocycles. The fourth-order valence-electron chi connectivity index (χ4n) is 1.92. The van der Waals surface area contributed by atoms with Crippen molar-refractivity contribution in [1.29, 1.82) is 0 Å². The zero-order valence-corrected chi connectivity index (χ0v) is 13.5. The lowest BCUT2D eigenvalue weighted by Crippen LogP contribution is -2.22. The maximum Gasteiger partial charge on any atom is 0.0561 e. The highest BCUT2D eigenvalue weighted by Gasteiger charge is 2.15. The summed E-state index contributed by atoms with van der Waals surface area (Å²) in [7, 11) is 0. The number of halogens is 1. The third-order valence-electron chi connectivity index (χ3n) is 2.91. The van der Waals surface area contributed by atoms with Crippen LogP contribution < -0.4 is 5.32 Å². The third kappa shape index (κ3) is 3.99. The van der Waals surface area contributed by atoms with Crippen LogP contribution in [0, 0.1) is 6.92 Å². The van der Waals surface area contributed by atoms with E-state index in [2.05, 4.69) is 48.8 Å². The van der Waals surface area contributed by atoms with Gasteiger partial charge >= 0.3 is 0 Å². The van der Waals surface area contributed by atoms with Crippen molar-refractivity contribution >= 4 is 34.7 Å². The molecule has 0 saturated heterocycles. The molecule has 19 heavy (non-hydrogen) atoms. The predicted octanol–water partition coefficient (Wildman–Crippen LogP) is 5.15. The van der Waals surface area contributed by atoms with Gasteiger partial charge in [-0.1, -0.05) is 36.7 Å². The molecule has 0 spiro atoms. The van der Waals surface area contributed by atoms with Gasteiger partial charge in [-0.2, -0.15) is 0 Å². The number of aryl methyl sites for hydroxylation is 1. The Kier molecular flexibility index (Phi) is 5.76. The standard InChI is InChI=1S/C15H18ClNS2/c1-3-17-13(15-12(16)8-9-18-15)10-19-14-7-5-4-6-11(14)2/h4-9,13,17H,3,10H2,1-2H3. The van der Waals surface area contributed by atoms with Gasteiger partial charge in [0.15, 0.2) is 0 Å². The number of nitrogens with one attached hydrogen (secondary N) is 1. The molecule has 1 heterocycles. The molecule has 4 heteroatoms. The molecule has 0 saturated carbocycles. The van der Waals surface area contributed by atoms with Gasteiger partial charge in [-0.05, 0) is 36.5 Å². The highest BCUT2D eigenvalue weighted by atomic mass is 35.5. The van der Waals surface area contributed by atoms with Crippen molar-refractivity contribution in [3.05, 3.63) is 51.2 Å². The van der Waals surface area contributed by atoms with Crippen LogP contribution in [0.4, 0.5) is 0 Å². The summed E-state index contributed by atoms with van der Waals surface area (Å²) in [5, 5.41) is 6.45. The Bertz CT molecular complexity index is 524. The number of thioether (sulfide) groups is 1. The van der Waals surface area contributed by atoms with E-state index in [1.165, 1.54) is 15.3 Å². The van der Waals surface area contributed by atoms with Crippen LogP contribution >= 0.6 is 34.7 Å². The number of hydrogen-bond donors (Lipinski definition) is 1. The second-order valence-corrected chi connectivity index (χ2v) is 6.74. The molecule has 0 aliphatic carbocycles. The summed E-state index contributed by atoms with van der Waals surface area (Å²) in [6, 6.07) is 10.8. The van der Waals surface area contributed by atoms with Crippen LogP contribution in [0.1, 0.15) is 23.4 Å². The number of hydrogen-bond acceptors (Lipinski definition) is 3. The summed E-state index contributed by atoms with van der Waals surface area (Å²) in [5.41, 5.74) is 1.33. The van der Waals surface area contributed by atoms with Gasteiger partial charge in [0.2, 0.25) is 0 Å². The SMILES string of the molecule is CCNC(CSc1ccccc1C)c1sccc1Cl. The maximum absolute atomic E-state index is 6.24. The zero-order valence-electron chi connectivity index (χ0n) is 11.2. The molecule has 0 radical (unpaired) electrons. The molecular formula is C15H18ClNS2. The summed E-state index contributed by atoms with van der Waals surface area (Å²) >= 11 is 9.86. The van der Waals surface area contributed by atoms with Crippen molar-refractivity contribution in [1.82, 2.24) is 5.32 Å². The molecule has 2 rings (SSSR count). The molecule has 1 nitrogen and oxygen atoms in total. The highest BCUT2D eigenvalue weighted by Crippen LogP contribution is 2.33. The van der Waals surface area contributed by atoms with E-state index in [-0.39, 0.29) is 0 Å². The quantitative estimate of drug-likeness (QED) is 0.740. The van der Waals surface area contributed by atoms with Crippen LogP contribution in [0.2, 0.25) is 5.02 Å². The first-order chi connectivity index (χ1) is 9.22. The summed E-state index contributed by atoms with van der Waals surface area (Å²) in [6.45, 7) is 5.24. The molecule has 1 aromatic heterocycles. The van der Waals surface area contributed by atoms with Crippen LogP contribution in [-0.4, -0.2) is 12.3 Å². The lowest BCUT2D eigenvalue weighted by molar-refractivity contribution is 0.615. The van der Waals surface area contributed by atoms with E-state index in [0.29, 0.717) is 6.04 Å². The Morgan fingerprint density at radius 2 is 2.11 bits per heavy atom. The van der Waals surface area contributed by atoms with Crippen molar-refractivity contribution in [2.24, 2.45) is 0 Å². The Labute approximate surface area is 128 Å². The average molecular weight is 312 g/mol. The monoisotopic (exact) mass is 311 g/mol. The summed E-state index contributed by atoms with van der Waals surface area (Å²) < 4.78 is 0. The number of thiophene rings is 1. The highest BCUT2D eigenvalue weighted by molar-refractivity contribution is 7.99.